The molecule has 1 unspecified atom stereocenters. The van der Waals surface area contributed by atoms with Crippen LogP contribution in [0.3, 0.4) is 0 Å². The van der Waals surface area contributed by atoms with E-state index in [9.17, 15) is 9.50 Å². The molecular formula is C15H22FNO. The molecule has 100 valence electrons. The lowest BCUT2D eigenvalue weighted by molar-refractivity contribution is 0.144. The van der Waals surface area contributed by atoms with E-state index in [4.69, 9.17) is 0 Å². The van der Waals surface area contributed by atoms with Crippen LogP contribution < -0.4 is 5.32 Å². The van der Waals surface area contributed by atoms with Gasteiger partial charge in [-0.25, -0.2) is 4.39 Å². The normalized spacial score (nSPS) is 20.4. The second-order valence-electron chi connectivity index (χ2n) is 5.55. The van der Waals surface area contributed by atoms with Gasteiger partial charge in [-0.1, -0.05) is 25.3 Å². The lowest BCUT2D eigenvalue weighted by Crippen LogP contribution is -2.47. The van der Waals surface area contributed by atoms with Gasteiger partial charge in [0.25, 0.3) is 0 Å². The van der Waals surface area contributed by atoms with Crippen LogP contribution >= 0.6 is 0 Å². The molecule has 1 atom stereocenters. The van der Waals surface area contributed by atoms with Crippen molar-refractivity contribution in [3.8, 4) is 0 Å². The third-order valence-electron chi connectivity index (χ3n) is 4.09. The average molecular weight is 251 g/mol. The zero-order valence-electron chi connectivity index (χ0n) is 11.0. The second-order valence-corrected chi connectivity index (χ2v) is 5.55. The van der Waals surface area contributed by atoms with Gasteiger partial charge in [0.15, 0.2) is 0 Å². The highest BCUT2D eigenvalue weighted by Crippen LogP contribution is 2.34. The summed E-state index contributed by atoms with van der Waals surface area (Å²) >= 11 is 0. The van der Waals surface area contributed by atoms with E-state index in [-0.39, 0.29) is 18.0 Å². The molecule has 0 spiro atoms. The van der Waals surface area contributed by atoms with Gasteiger partial charge >= 0.3 is 0 Å². The second kappa shape index (κ2) is 5.70. The van der Waals surface area contributed by atoms with Crippen LogP contribution in [0.5, 0.6) is 0 Å². The highest BCUT2D eigenvalue weighted by molar-refractivity contribution is 5.45. The fourth-order valence-corrected chi connectivity index (χ4v) is 2.91. The summed E-state index contributed by atoms with van der Waals surface area (Å²) in [6.45, 7) is 2.11. The summed E-state index contributed by atoms with van der Waals surface area (Å²) in [5.74, 6) is 0.212. The Morgan fingerprint density at radius 2 is 2.06 bits per heavy atom. The number of hydrogen-bond donors (Lipinski definition) is 2. The van der Waals surface area contributed by atoms with Gasteiger partial charge in [-0.05, 0) is 43.9 Å². The van der Waals surface area contributed by atoms with Gasteiger partial charge in [0.05, 0.1) is 12.1 Å². The molecule has 0 radical (unpaired) electrons. The largest absolute Gasteiger partial charge is 0.394 e. The third kappa shape index (κ3) is 3.02. The standard InChI is InChI=1S/C15H22FNO/c1-15(11-18,12-6-3-2-4-7-12)17-14-9-5-8-13(16)10-14/h5,8-10,12,17-18H,2-4,6-7,11H2,1H3. The lowest BCUT2D eigenvalue weighted by Gasteiger charge is -2.40. The molecule has 1 aliphatic rings. The van der Waals surface area contributed by atoms with Crippen molar-refractivity contribution in [2.24, 2.45) is 5.92 Å². The number of anilines is 1. The Morgan fingerprint density at radius 3 is 2.67 bits per heavy atom. The van der Waals surface area contributed by atoms with Gasteiger partial charge < -0.3 is 10.4 Å². The summed E-state index contributed by atoms with van der Waals surface area (Å²) < 4.78 is 13.2. The molecule has 18 heavy (non-hydrogen) atoms. The number of rotatable bonds is 4. The molecule has 1 aliphatic carbocycles. The predicted molar refractivity (Wildman–Crippen MR) is 72.1 cm³/mol. The minimum absolute atomic E-state index is 0.0776. The third-order valence-corrected chi connectivity index (χ3v) is 4.09. The van der Waals surface area contributed by atoms with E-state index in [1.54, 1.807) is 6.07 Å². The van der Waals surface area contributed by atoms with E-state index in [0.29, 0.717) is 5.92 Å². The Labute approximate surface area is 108 Å². The first-order chi connectivity index (χ1) is 8.64. The SMILES string of the molecule is CC(CO)(Nc1cccc(F)c1)C1CCCCC1. The molecule has 1 fully saturated rings. The fraction of sp³-hybridized carbons (Fsp3) is 0.600. The van der Waals surface area contributed by atoms with Crippen LogP contribution in [0.15, 0.2) is 24.3 Å². The Bertz CT molecular complexity index is 390. The van der Waals surface area contributed by atoms with Crippen molar-refractivity contribution < 1.29 is 9.50 Å². The van der Waals surface area contributed by atoms with E-state index >= 15 is 0 Å². The summed E-state index contributed by atoms with van der Waals surface area (Å²) in [6, 6.07) is 6.45. The predicted octanol–water partition coefficient (Wildman–Crippen LogP) is 3.57. The zero-order chi connectivity index (χ0) is 13.0. The molecule has 1 saturated carbocycles. The smallest absolute Gasteiger partial charge is 0.125 e. The zero-order valence-corrected chi connectivity index (χ0v) is 11.0. The topological polar surface area (TPSA) is 32.3 Å². The van der Waals surface area contributed by atoms with E-state index in [0.717, 1.165) is 18.5 Å². The number of halogens is 1. The Morgan fingerprint density at radius 1 is 1.33 bits per heavy atom. The van der Waals surface area contributed by atoms with Crippen molar-refractivity contribution in [2.75, 3.05) is 11.9 Å². The van der Waals surface area contributed by atoms with Crippen LogP contribution in [0, 0.1) is 11.7 Å². The van der Waals surface area contributed by atoms with Crippen LogP contribution in [-0.4, -0.2) is 17.3 Å². The molecule has 1 aromatic carbocycles. The van der Waals surface area contributed by atoms with E-state index in [1.807, 2.05) is 13.0 Å². The molecule has 0 aromatic heterocycles. The fourth-order valence-electron chi connectivity index (χ4n) is 2.91. The molecule has 2 N–H and O–H groups in total. The summed E-state index contributed by atoms with van der Waals surface area (Å²) in [5, 5.41) is 13.0. The molecule has 3 heteroatoms. The maximum Gasteiger partial charge on any atom is 0.125 e. The Hall–Kier alpha value is -1.09. The van der Waals surface area contributed by atoms with Crippen molar-refractivity contribution in [3.05, 3.63) is 30.1 Å². The number of benzene rings is 1. The van der Waals surface area contributed by atoms with Crippen molar-refractivity contribution in [3.63, 3.8) is 0 Å². The molecule has 2 rings (SSSR count). The number of aliphatic hydroxyl groups is 1. The molecule has 2 nitrogen and oxygen atoms in total. The van der Waals surface area contributed by atoms with Gasteiger partial charge in [0.2, 0.25) is 0 Å². The average Bonchev–Trinajstić information content (AvgIpc) is 2.39. The Kier molecular flexibility index (Phi) is 4.23. The van der Waals surface area contributed by atoms with Crippen LogP contribution in [0.1, 0.15) is 39.0 Å². The molecule has 0 heterocycles. The van der Waals surface area contributed by atoms with Gasteiger partial charge in [0.1, 0.15) is 5.82 Å². The molecule has 0 bridgehead atoms. The van der Waals surface area contributed by atoms with E-state index in [1.165, 1.54) is 31.4 Å². The number of hydrogen-bond acceptors (Lipinski definition) is 2. The van der Waals surface area contributed by atoms with Gasteiger partial charge in [0, 0.05) is 5.69 Å². The summed E-state index contributed by atoms with van der Waals surface area (Å²) in [4.78, 5) is 0. The summed E-state index contributed by atoms with van der Waals surface area (Å²) in [7, 11) is 0. The van der Waals surface area contributed by atoms with Gasteiger partial charge in [-0.3, -0.25) is 0 Å². The van der Waals surface area contributed by atoms with Crippen molar-refractivity contribution >= 4 is 5.69 Å². The number of aliphatic hydroxyl groups excluding tert-OH is 1. The Balaban J connectivity index is 2.11. The molecule has 1 aromatic rings. The van der Waals surface area contributed by atoms with Gasteiger partial charge in [-0.15, -0.1) is 0 Å². The molecule has 0 aliphatic heterocycles. The highest BCUT2D eigenvalue weighted by Gasteiger charge is 2.34. The lowest BCUT2D eigenvalue weighted by atomic mass is 9.76. The van der Waals surface area contributed by atoms with Crippen LogP contribution in [0.25, 0.3) is 0 Å². The monoisotopic (exact) mass is 251 g/mol. The van der Waals surface area contributed by atoms with Crippen LogP contribution in [0.2, 0.25) is 0 Å². The molecular weight excluding hydrogens is 229 g/mol. The maximum atomic E-state index is 13.2. The van der Waals surface area contributed by atoms with E-state index < -0.39 is 0 Å². The van der Waals surface area contributed by atoms with E-state index in [2.05, 4.69) is 5.32 Å². The van der Waals surface area contributed by atoms with Crippen molar-refractivity contribution in [1.82, 2.24) is 0 Å². The van der Waals surface area contributed by atoms with Crippen molar-refractivity contribution in [1.29, 1.82) is 0 Å². The molecule has 0 amide bonds. The van der Waals surface area contributed by atoms with Crippen molar-refractivity contribution in [2.45, 2.75) is 44.6 Å². The minimum atomic E-state index is -0.353. The number of nitrogens with one attached hydrogen (secondary N) is 1. The summed E-state index contributed by atoms with van der Waals surface area (Å²) in [5.41, 5.74) is 0.394. The molecule has 0 saturated heterocycles. The highest BCUT2D eigenvalue weighted by atomic mass is 19.1. The maximum absolute atomic E-state index is 13.2. The van der Waals surface area contributed by atoms with Crippen LogP contribution in [-0.2, 0) is 0 Å². The minimum Gasteiger partial charge on any atom is -0.394 e. The first-order valence-corrected chi connectivity index (χ1v) is 6.79. The first kappa shape index (κ1) is 13.3. The first-order valence-electron chi connectivity index (χ1n) is 6.79. The quantitative estimate of drug-likeness (QED) is 0.857. The van der Waals surface area contributed by atoms with Crippen LogP contribution in [0.4, 0.5) is 10.1 Å². The van der Waals surface area contributed by atoms with Gasteiger partial charge in [-0.2, -0.15) is 0 Å². The summed E-state index contributed by atoms with van der Waals surface area (Å²) in [6.07, 6.45) is 6.02.